The van der Waals surface area contributed by atoms with Crippen molar-refractivity contribution in [2.75, 3.05) is 36.4 Å². The molecule has 24 heavy (non-hydrogen) atoms. The number of para-hydroxylation sites is 1. The van der Waals surface area contributed by atoms with Crippen LogP contribution in [0.5, 0.6) is 0 Å². The van der Waals surface area contributed by atoms with E-state index in [0.717, 1.165) is 48.6 Å². The lowest BCUT2D eigenvalue weighted by molar-refractivity contribution is -0.105. The number of nitrogens with one attached hydrogen (secondary N) is 3. The zero-order chi connectivity index (χ0) is 16.4. The molecule has 0 radical (unpaired) electrons. The average molecular weight is 321 g/mol. The van der Waals surface area contributed by atoms with Gasteiger partial charge in [-0.3, -0.25) is 4.79 Å². The fourth-order valence-corrected chi connectivity index (χ4v) is 3.12. The molecule has 1 fully saturated rings. The SMILES string of the molecule is O=CNc1cccc2[nH]c(-c3cccc(N4CCNCC4)c3)nc12. The van der Waals surface area contributed by atoms with Crippen molar-refractivity contribution in [3.05, 3.63) is 42.5 Å². The molecule has 0 aliphatic carbocycles. The number of benzene rings is 2. The Hall–Kier alpha value is -2.86. The molecule has 3 aromatic rings. The van der Waals surface area contributed by atoms with Crippen LogP contribution in [0.4, 0.5) is 11.4 Å². The van der Waals surface area contributed by atoms with Gasteiger partial charge in [0.25, 0.3) is 0 Å². The fourth-order valence-electron chi connectivity index (χ4n) is 3.12. The minimum absolute atomic E-state index is 0.675. The molecule has 4 rings (SSSR count). The Labute approximate surface area is 139 Å². The number of imidazole rings is 1. The van der Waals surface area contributed by atoms with Crippen LogP contribution in [0.1, 0.15) is 0 Å². The van der Waals surface area contributed by atoms with Crippen LogP contribution in [-0.2, 0) is 4.79 Å². The summed E-state index contributed by atoms with van der Waals surface area (Å²) >= 11 is 0. The van der Waals surface area contributed by atoms with Crippen molar-refractivity contribution >= 4 is 28.8 Å². The van der Waals surface area contributed by atoms with E-state index in [-0.39, 0.29) is 0 Å². The highest BCUT2D eigenvalue weighted by atomic mass is 16.1. The molecular weight excluding hydrogens is 302 g/mol. The van der Waals surface area contributed by atoms with E-state index in [9.17, 15) is 4.79 Å². The van der Waals surface area contributed by atoms with Crippen molar-refractivity contribution in [3.63, 3.8) is 0 Å². The molecule has 1 saturated heterocycles. The molecule has 0 atom stereocenters. The van der Waals surface area contributed by atoms with E-state index in [1.165, 1.54) is 5.69 Å². The number of hydrogen-bond donors (Lipinski definition) is 3. The summed E-state index contributed by atoms with van der Waals surface area (Å²) in [4.78, 5) is 21.2. The Balaban J connectivity index is 1.72. The molecule has 2 heterocycles. The van der Waals surface area contributed by atoms with Crippen LogP contribution in [0, 0.1) is 0 Å². The third-order valence-corrected chi connectivity index (χ3v) is 4.33. The molecule has 0 saturated carbocycles. The third kappa shape index (κ3) is 2.72. The van der Waals surface area contributed by atoms with Gasteiger partial charge >= 0.3 is 0 Å². The standard InChI is InChI=1S/C18H19N5O/c24-12-20-15-5-2-6-16-17(15)22-18(21-16)13-3-1-4-14(11-13)23-9-7-19-8-10-23/h1-6,11-12,19H,7-10H2,(H,20,24)(H,21,22). The predicted octanol–water partition coefficient (Wildman–Crippen LogP) is 2.21. The van der Waals surface area contributed by atoms with E-state index in [4.69, 9.17) is 0 Å². The van der Waals surface area contributed by atoms with Crippen LogP contribution in [-0.4, -0.2) is 42.6 Å². The lowest BCUT2D eigenvalue weighted by Gasteiger charge is -2.29. The van der Waals surface area contributed by atoms with Gasteiger partial charge in [-0.1, -0.05) is 18.2 Å². The summed E-state index contributed by atoms with van der Waals surface area (Å²) in [6, 6.07) is 14.1. The zero-order valence-corrected chi connectivity index (χ0v) is 13.2. The van der Waals surface area contributed by atoms with Gasteiger partial charge in [-0.15, -0.1) is 0 Å². The first kappa shape index (κ1) is 14.7. The maximum absolute atomic E-state index is 10.8. The number of carbonyl (C=O) groups excluding carboxylic acids is 1. The molecule has 6 nitrogen and oxygen atoms in total. The van der Waals surface area contributed by atoms with E-state index in [0.29, 0.717) is 12.1 Å². The van der Waals surface area contributed by atoms with Gasteiger partial charge in [0.05, 0.1) is 11.2 Å². The van der Waals surface area contributed by atoms with Gasteiger partial charge in [0.15, 0.2) is 0 Å². The minimum Gasteiger partial charge on any atom is -0.369 e. The molecule has 122 valence electrons. The Kier molecular flexibility index (Phi) is 3.88. The quantitative estimate of drug-likeness (QED) is 0.644. The topological polar surface area (TPSA) is 73.1 Å². The fraction of sp³-hybridized carbons (Fsp3) is 0.222. The number of aromatic nitrogens is 2. The number of nitrogens with zero attached hydrogens (tertiary/aromatic N) is 2. The second-order valence-corrected chi connectivity index (χ2v) is 5.84. The minimum atomic E-state index is 0.675. The van der Waals surface area contributed by atoms with E-state index in [2.05, 4.69) is 49.8 Å². The molecule has 1 aliphatic heterocycles. The molecule has 0 bridgehead atoms. The summed E-state index contributed by atoms with van der Waals surface area (Å²) in [6.45, 7) is 4.04. The van der Waals surface area contributed by atoms with E-state index < -0.39 is 0 Å². The largest absolute Gasteiger partial charge is 0.369 e. The highest BCUT2D eigenvalue weighted by molar-refractivity contribution is 5.94. The zero-order valence-electron chi connectivity index (χ0n) is 13.2. The molecule has 0 spiro atoms. The van der Waals surface area contributed by atoms with E-state index >= 15 is 0 Å². The summed E-state index contributed by atoms with van der Waals surface area (Å²) in [5, 5.41) is 6.07. The van der Waals surface area contributed by atoms with Crippen LogP contribution in [0.2, 0.25) is 0 Å². The van der Waals surface area contributed by atoms with Gasteiger partial charge in [0, 0.05) is 37.4 Å². The molecule has 3 N–H and O–H groups in total. The average Bonchev–Trinajstić information content (AvgIpc) is 3.08. The smallest absolute Gasteiger partial charge is 0.211 e. The van der Waals surface area contributed by atoms with Crippen LogP contribution >= 0.6 is 0 Å². The van der Waals surface area contributed by atoms with Crippen molar-refractivity contribution in [1.82, 2.24) is 15.3 Å². The van der Waals surface area contributed by atoms with Crippen molar-refractivity contribution in [3.8, 4) is 11.4 Å². The van der Waals surface area contributed by atoms with Crippen LogP contribution in [0.25, 0.3) is 22.4 Å². The number of anilines is 2. The highest BCUT2D eigenvalue weighted by Gasteiger charge is 2.13. The Morgan fingerprint density at radius 3 is 2.79 bits per heavy atom. The molecular formula is C18H19N5O. The third-order valence-electron chi connectivity index (χ3n) is 4.33. The molecule has 1 aliphatic rings. The first-order chi connectivity index (χ1) is 11.8. The van der Waals surface area contributed by atoms with Crippen molar-refractivity contribution in [2.45, 2.75) is 0 Å². The van der Waals surface area contributed by atoms with Crippen molar-refractivity contribution in [2.24, 2.45) is 0 Å². The lowest BCUT2D eigenvalue weighted by Crippen LogP contribution is -2.43. The monoisotopic (exact) mass is 321 g/mol. The summed E-state index contributed by atoms with van der Waals surface area (Å²) in [7, 11) is 0. The van der Waals surface area contributed by atoms with Gasteiger partial charge in [0.1, 0.15) is 11.3 Å². The number of piperazine rings is 1. The maximum Gasteiger partial charge on any atom is 0.211 e. The molecule has 0 unspecified atom stereocenters. The molecule has 2 aromatic carbocycles. The maximum atomic E-state index is 10.8. The summed E-state index contributed by atoms with van der Waals surface area (Å²) < 4.78 is 0. The lowest BCUT2D eigenvalue weighted by atomic mass is 10.1. The number of hydrogen-bond acceptors (Lipinski definition) is 4. The number of amides is 1. The molecule has 1 aromatic heterocycles. The van der Waals surface area contributed by atoms with Gasteiger partial charge < -0.3 is 20.5 Å². The van der Waals surface area contributed by atoms with Crippen LogP contribution in [0.15, 0.2) is 42.5 Å². The molecule has 6 heteroatoms. The molecule has 1 amide bonds. The van der Waals surface area contributed by atoms with E-state index in [1.807, 2.05) is 18.2 Å². The highest BCUT2D eigenvalue weighted by Crippen LogP contribution is 2.28. The number of fused-ring (bicyclic) bond motifs is 1. The summed E-state index contributed by atoms with van der Waals surface area (Å²) in [6.07, 6.45) is 0.675. The second kappa shape index (κ2) is 6.33. The summed E-state index contributed by atoms with van der Waals surface area (Å²) in [5.41, 5.74) is 4.64. The first-order valence-electron chi connectivity index (χ1n) is 8.10. The Morgan fingerprint density at radius 1 is 1.12 bits per heavy atom. The number of aromatic amines is 1. The van der Waals surface area contributed by atoms with Crippen LogP contribution < -0.4 is 15.5 Å². The number of carbonyl (C=O) groups is 1. The second-order valence-electron chi connectivity index (χ2n) is 5.84. The Bertz CT molecular complexity index is 867. The van der Waals surface area contributed by atoms with Gasteiger partial charge in [0.2, 0.25) is 6.41 Å². The normalized spacial score (nSPS) is 14.8. The van der Waals surface area contributed by atoms with Gasteiger partial charge in [-0.25, -0.2) is 4.98 Å². The van der Waals surface area contributed by atoms with Gasteiger partial charge in [-0.05, 0) is 24.3 Å². The number of rotatable bonds is 4. The summed E-state index contributed by atoms with van der Waals surface area (Å²) in [5.74, 6) is 0.808. The van der Waals surface area contributed by atoms with Gasteiger partial charge in [-0.2, -0.15) is 0 Å². The van der Waals surface area contributed by atoms with Crippen molar-refractivity contribution in [1.29, 1.82) is 0 Å². The van der Waals surface area contributed by atoms with Crippen molar-refractivity contribution < 1.29 is 4.79 Å². The first-order valence-corrected chi connectivity index (χ1v) is 8.10. The van der Waals surface area contributed by atoms with Crippen LogP contribution in [0.3, 0.4) is 0 Å². The Morgan fingerprint density at radius 2 is 1.96 bits per heavy atom. The predicted molar refractivity (Wildman–Crippen MR) is 96.3 cm³/mol. The van der Waals surface area contributed by atoms with E-state index in [1.54, 1.807) is 0 Å². The number of H-pyrrole nitrogens is 1.